The van der Waals surface area contributed by atoms with E-state index in [-0.39, 0.29) is 0 Å². The Labute approximate surface area is 70.6 Å². The minimum Gasteiger partial charge on any atom is -0.313 e. The molecule has 0 radical (unpaired) electrons. The summed E-state index contributed by atoms with van der Waals surface area (Å²) >= 11 is 0. The van der Waals surface area contributed by atoms with E-state index < -0.39 is 0 Å². The molecule has 0 aromatic rings. The van der Waals surface area contributed by atoms with E-state index in [9.17, 15) is 0 Å². The van der Waals surface area contributed by atoms with Gasteiger partial charge in [0.15, 0.2) is 0 Å². The Hall–Kier alpha value is -0.0400. The van der Waals surface area contributed by atoms with Crippen LogP contribution in [0.1, 0.15) is 46.5 Å². The zero-order valence-electron chi connectivity index (χ0n) is 8.11. The van der Waals surface area contributed by atoms with E-state index in [1.807, 2.05) is 0 Å². The van der Waals surface area contributed by atoms with Gasteiger partial charge in [-0.15, -0.1) is 0 Å². The van der Waals surface area contributed by atoms with Crippen molar-refractivity contribution in [1.82, 2.24) is 5.32 Å². The fraction of sp³-hybridized carbons (Fsp3) is 1.00. The van der Waals surface area contributed by atoms with Crippen molar-refractivity contribution in [3.63, 3.8) is 0 Å². The van der Waals surface area contributed by atoms with Crippen molar-refractivity contribution in [2.45, 2.75) is 52.5 Å². The molecule has 1 heterocycles. The Bertz CT molecular complexity index is 114. The molecule has 1 aliphatic rings. The Balaban J connectivity index is 2.42. The van der Waals surface area contributed by atoms with Crippen molar-refractivity contribution in [2.75, 3.05) is 6.54 Å². The molecule has 0 amide bonds. The predicted molar refractivity (Wildman–Crippen MR) is 49.7 cm³/mol. The van der Waals surface area contributed by atoms with Crippen LogP contribution in [0, 0.1) is 5.41 Å². The SMILES string of the molecule is CCCC1(CCC)CNC1C. The van der Waals surface area contributed by atoms with Gasteiger partial charge in [-0.25, -0.2) is 0 Å². The number of hydrogen-bond donors (Lipinski definition) is 1. The normalized spacial score (nSPS) is 28.1. The van der Waals surface area contributed by atoms with Crippen molar-refractivity contribution >= 4 is 0 Å². The first-order valence-electron chi connectivity index (χ1n) is 4.98. The Morgan fingerprint density at radius 3 is 2.00 bits per heavy atom. The molecule has 1 saturated heterocycles. The largest absolute Gasteiger partial charge is 0.313 e. The molecule has 0 aliphatic carbocycles. The summed E-state index contributed by atoms with van der Waals surface area (Å²) in [6, 6.07) is 0.766. The molecule has 11 heavy (non-hydrogen) atoms. The maximum absolute atomic E-state index is 3.47. The van der Waals surface area contributed by atoms with Crippen molar-refractivity contribution in [3.8, 4) is 0 Å². The van der Waals surface area contributed by atoms with Crippen LogP contribution >= 0.6 is 0 Å². The fourth-order valence-corrected chi connectivity index (χ4v) is 2.33. The van der Waals surface area contributed by atoms with Crippen LogP contribution < -0.4 is 5.32 Å². The van der Waals surface area contributed by atoms with Crippen LogP contribution in [0.2, 0.25) is 0 Å². The molecule has 1 N–H and O–H groups in total. The van der Waals surface area contributed by atoms with E-state index in [1.165, 1.54) is 32.2 Å². The average molecular weight is 155 g/mol. The van der Waals surface area contributed by atoms with Crippen LogP contribution in [0.5, 0.6) is 0 Å². The lowest BCUT2D eigenvalue weighted by atomic mass is 9.68. The fourth-order valence-electron chi connectivity index (χ4n) is 2.33. The maximum Gasteiger partial charge on any atom is 0.0108 e. The summed E-state index contributed by atoms with van der Waals surface area (Å²) < 4.78 is 0. The quantitative estimate of drug-likeness (QED) is 0.658. The number of rotatable bonds is 4. The van der Waals surface area contributed by atoms with Gasteiger partial charge in [0.05, 0.1) is 0 Å². The van der Waals surface area contributed by atoms with E-state index in [4.69, 9.17) is 0 Å². The molecule has 66 valence electrons. The van der Waals surface area contributed by atoms with E-state index >= 15 is 0 Å². The van der Waals surface area contributed by atoms with Crippen LogP contribution in [0.4, 0.5) is 0 Å². The summed E-state index contributed by atoms with van der Waals surface area (Å²) in [5.41, 5.74) is 0.670. The maximum atomic E-state index is 3.47. The number of nitrogens with one attached hydrogen (secondary N) is 1. The smallest absolute Gasteiger partial charge is 0.0108 e. The first-order valence-corrected chi connectivity index (χ1v) is 4.98. The molecular formula is C10H21N. The summed E-state index contributed by atoms with van der Waals surface area (Å²) in [6.07, 6.45) is 5.50. The monoisotopic (exact) mass is 155 g/mol. The lowest BCUT2D eigenvalue weighted by Crippen LogP contribution is -2.60. The predicted octanol–water partition coefficient (Wildman–Crippen LogP) is 2.56. The van der Waals surface area contributed by atoms with Crippen molar-refractivity contribution in [3.05, 3.63) is 0 Å². The van der Waals surface area contributed by atoms with Crippen LogP contribution in [0.25, 0.3) is 0 Å². The highest BCUT2D eigenvalue weighted by Gasteiger charge is 2.41. The summed E-state index contributed by atoms with van der Waals surface area (Å²) in [4.78, 5) is 0. The molecule has 0 saturated carbocycles. The molecule has 1 unspecified atom stereocenters. The van der Waals surface area contributed by atoms with E-state index in [0.717, 1.165) is 6.04 Å². The van der Waals surface area contributed by atoms with Gasteiger partial charge in [0.1, 0.15) is 0 Å². The molecular weight excluding hydrogens is 134 g/mol. The van der Waals surface area contributed by atoms with Gasteiger partial charge in [-0.1, -0.05) is 26.7 Å². The molecule has 1 aliphatic heterocycles. The highest BCUT2D eigenvalue weighted by molar-refractivity contribution is 4.98. The molecule has 1 nitrogen and oxygen atoms in total. The first kappa shape index (κ1) is 9.05. The van der Waals surface area contributed by atoms with E-state index in [1.54, 1.807) is 0 Å². The van der Waals surface area contributed by atoms with Gasteiger partial charge in [0, 0.05) is 12.6 Å². The van der Waals surface area contributed by atoms with Gasteiger partial charge in [-0.05, 0) is 25.2 Å². The van der Waals surface area contributed by atoms with Crippen molar-refractivity contribution in [2.24, 2.45) is 5.41 Å². The minimum atomic E-state index is 0.670. The second-order valence-corrected chi connectivity index (χ2v) is 3.96. The van der Waals surface area contributed by atoms with E-state index in [2.05, 4.69) is 26.1 Å². The Morgan fingerprint density at radius 1 is 1.27 bits per heavy atom. The van der Waals surface area contributed by atoms with Crippen LogP contribution in [-0.4, -0.2) is 12.6 Å². The molecule has 1 atom stereocenters. The molecule has 0 bridgehead atoms. The summed E-state index contributed by atoms with van der Waals surface area (Å²) in [5.74, 6) is 0. The molecule has 0 spiro atoms. The zero-order chi connectivity index (χ0) is 8.32. The van der Waals surface area contributed by atoms with Crippen molar-refractivity contribution in [1.29, 1.82) is 0 Å². The van der Waals surface area contributed by atoms with Crippen LogP contribution in [0.15, 0.2) is 0 Å². The lowest BCUT2D eigenvalue weighted by Gasteiger charge is -2.49. The third kappa shape index (κ3) is 1.58. The third-order valence-corrected chi connectivity index (χ3v) is 3.17. The van der Waals surface area contributed by atoms with E-state index in [0.29, 0.717) is 5.41 Å². The molecule has 1 rings (SSSR count). The average Bonchev–Trinajstić information content (AvgIpc) is 2.01. The zero-order valence-corrected chi connectivity index (χ0v) is 8.11. The minimum absolute atomic E-state index is 0.670. The Kier molecular flexibility index (Phi) is 2.94. The Morgan fingerprint density at radius 2 is 1.82 bits per heavy atom. The summed E-state index contributed by atoms with van der Waals surface area (Å²) in [6.45, 7) is 8.18. The molecule has 1 fully saturated rings. The van der Waals surface area contributed by atoms with Gasteiger partial charge in [0.25, 0.3) is 0 Å². The molecule has 0 aromatic heterocycles. The summed E-state index contributed by atoms with van der Waals surface area (Å²) in [7, 11) is 0. The van der Waals surface area contributed by atoms with Gasteiger partial charge >= 0.3 is 0 Å². The standard InChI is InChI=1S/C10H21N/c1-4-6-10(7-5-2)8-11-9(10)3/h9,11H,4-8H2,1-3H3. The van der Waals surface area contributed by atoms with Gasteiger partial charge in [-0.3, -0.25) is 0 Å². The highest BCUT2D eigenvalue weighted by Crippen LogP contribution is 2.38. The number of hydrogen-bond acceptors (Lipinski definition) is 1. The second-order valence-electron chi connectivity index (χ2n) is 3.96. The summed E-state index contributed by atoms with van der Waals surface area (Å²) in [5, 5.41) is 3.47. The highest BCUT2D eigenvalue weighted by atomic mass is 15.0. The van der Waals surface area contributed by atoms with Gasteiger partial charge in [-0.2, -0.15) is 0 Å². The topological polar surface area (TPSA) is 12.0 Å². The van der Waals surface area contributed by atoms with Crippen LogP contribution in [0.3, 0.4) is 0 Å². The second kappa shape index (κ2) is 3.57. The molecule has 1 heteroatoms. The lowest BCUT2D eigenvalue weighted by molar-refractivity contribution is 0.0697. The first-order chi connectivity index (χ1) is 5.25. The van der Waals surface area contributed by atoms with Gasteiger partial charge in [0.2, 0.25) is 0 Å². The van der Waals surface area contributed by atoms with Gasteiger partial charge < -0.3 is 5.32 Å². The third-order valence-electron chi connectivity index (χ3n) is 3.17. The van der Waals surface area contributed by atoms with Crippen LogP contribution in [-0.2, 0) is 0 Å². The molecule has 0 aromatic carbocycles. The van der Waals surface area contributed by atoms with Crippen molar-refractivity contribution < 1.29 is 0 Å².